The Kier molecular flexibility index (Phi) is 2.45. The Bertz CT molecular complexity index is 213. The first-order chi connectivity index (χ1) is 6.47. The number of halogens is 4. The summed E-state index contributed by atoms with van der Waals surface area (Å²) in [4.78, 5) is 0. The molecule has 5 heteroatoms. The average molecular weight is 212 g/mol. The molecule has 2 fully saturated rings. The Morgan fingerprint density at radius 1 is 1.14 bits per heavy atom. The first-order valence-corrected chi connectivity index (χ1v) is 4.80. The third-order valence-electron chi connectivity index (χ3n) is 3.18. The van der Waals surface area contributed by atoms with E-state index < -0.39 is 25.1 Å². The standard InChI is InChI=1S/C9H12F4O/c10-7-5-1-2-6(3-5)8(7)14-4-9(11,12)13/h5-8H,1-4H2/t5-,6+,7+,8-/m1/s1. The number of hydrogen-bond donors (Lipinski definition) is 0. The summed E-state index contributed by atoms with van der Waals surface area (Å²) in [6.45, 7) is -1.32. The van der Waals surface area contributed by atoms with Gasteiger partial charge in [-0.05, 0) is 31.1 Å². The molecule has 0 radical (unpaired) electrons. The fourth-order valence-corrected chi connectivity index (χ4v) is 2.59. The lowest BCUT2D eigenvalue weighted by molar-refractivity contribution is -0.195. The molecule has 0 saturated heterocycles. The monoisotopic (exact) mass is 212 g/mol. The molecule has 0 aromatic rings. The molecule has 14 heavy (non-hydrogen) atoms. The topological polar surface area (TPSA) is 9.23 Å². The van der Waals surface area contributed by atoms with Crippen molar-refractivity contribution in [1.82, 2.24) is 0 Å². The Balaban J connectivity index is 1.87. The Labute approximate surface area is 79.4 Å². The molecule has 2 rings (SSSR count). The summed E-state index contributed by atoms with van der Waals surface area (Å²) in [5.41, 5.74) is 0. The molecule has 2 saturated carbocycles. The van der Waals surface area contributed by atoms with E-state index in [9.17, 15) is 17.6 Å². The molecule has 2 aliphatic rings. The Hall–Kier alpha value is -0.320. The summed E-state index contributed by atoms with van der Waals surface area (Å²) < 4.78 is 53.5. The van der Waals surface area contributed by atoms with Crippen LogP contribution in [0.2, 0.25) is 0 Å². The van der Waals surface area contributed by atoms with Crippen molar-refractivity contribution in [1.29, 1.82) is 0 Å². The number of alkyl halides is 4. The van der Waals surface area contributed by atoms with Gasteiger partial charge in [0.15, 0.2) is 0 Å². The highest BCUT2D eigenvalue weighted by molar-refractivity contribution is 4.98. The van der Waals surface area contributed by atoms with E-state index in [1.54, 1.807) is 0 Å². The molecule has 0 amide bonds. The van der Waals surface area contributed by atoms with Crippen molar-refractivity contribution in [2.45, 2.75) is 37.7 Å². The van der Waals surface area contributed by atoms with Crippen molar-refractivity contribution >= 4 is 0 Å². The third kappa shape index (κ3) is 1.87. The summed E-state index contributed by atoms with van der Waals surface area (Å²) in [6, 6.07) is 0. The van der Waals surface area contributed by atoms with Gasteiger partial charge >= 0.3 is 6.18 Å². The van der Waals surface area contributed by atoms with E-state index in [1.807, 2.05) is 0 Å². The predicted octanol–water partition coefficient (Wildman–Crippen LogP) is 2.70. The molecule has 2 aliphatic carbocycles. The second-order valence-corrected chi connectivity index (χ2v) is 4.17. The maximum Gasteiger partial charge on any atom is 0.411 e. The van der Waals surface area contributed by atoms with Gasteiger partial charge in [-0.25, -0.2) is 4.39 Å². The van der Waals surface area contributed by atoms with Crippen LogP contribution in [0.15, 0.2) is 0 Å². The van der Waals surface area contributed by atoms with Crippen molar-refractivity contribution in [3.63, 3.8) is 0 Å². The highest BCUT2D eigenvalue weighted by Crippen LogP contribution is 2.47. The first kappa shape index (κ1) is 10.2. The zero-order chi connectivity index (χ0) is 10.3. The summed E-state index contributed by atoms with van der Waals surface area (Å²) in [5.74, 6) is -0.0458. The van der Waals surface area contributed by atoms with Crippen LogP contribution < -0.4 is 0 Å². The van der Waals surface area contributed by atoms with Crippen LogP contribution in [0, 0.1) is 11.8 Å². The van der Waals surface area contributed by atoms with E-state index in [1.165, 1.54) is 0 Å². The SMILES string of the molecule is F[C@H]1[C@@H]2CC[C@@H](C2)[C@H]1OCC(F)(F)F. The van der Waals surface area contributed by atoms with Crippen LogP contribution in [-0.2, 0) is 4.74 Å². The van der Waals surface area contributed by atoms with Crippen LogP contribution in [0.1, 0.15) is 19.3 Å². The molecule has 82 valence electrons. The molecular weight excluding hydrogens is 200 g/mol. The molecule has 0 aliphatic heterocycles. The molecule has 0 N–H and O–H groups in total. The van der Waals surface area contributed by atoms with Gasteiger partial charge in [-0.15, -0.1) is 0 Å². The van der Waals surface area contributed by atoms with Crippen molar-refractivity contribution in [2.75, 3.05) is 6.61 Å². The van der Waals surface area contributed by atoms with Gasteiger partial charge in [0.2, 0.25) is 0 Å². The van der Waals surface area contributed by atoms with Gasteiger partial charge < -0.3 is 4.74 Å². The summed E-state index contributed by atoms with van der Waals surface area (Å²) in [7, 11) is 0. The van der Waals surface area contributed by atoms with E-state index in [-0.39, 0.29) is 11.8 Å². The van der Waals surface area contributed by atoms with Crippen molar-refractivity contribution in [2.24, 2.45) is 11.8 Å². The predicted molar refractivity (Wildman–Crippen MR) is 41.5 cm³/mol. The van der Waals surface area contributed by atoms with Gasteiger partial charge in [0.05, 0.1) is 6.10 Å². The second kappa shape index (κ2) is 3.36. The van der Waals surface area contributed by atoms with Gasteiger partial charge in [-0.1, -0.05) is 0 Å². The summed E-state index contributed by atoms with van der Waals surface area (Å²) >= 11 is 0. The van der Waals surface area contributed by atoms with Gasteiger partial charge in [0, 0.05) is 0 Å². The minimum atomic E-state index is -4.35. The molecule has 4 atom stereocenters. The molecular formula is C9H12F4O. The van der Waals surface area contributed by atoms with Gasteiger partial charge in [0.25, 0.3) is 0 Å². The second-order valence-electron chi connectivity index (χ2n) is 4.17. The van der Waals surface area contributed by atoms with Gasteiger partial charge in [-0.2, -0.15) is 13.2 Å². The maximum atomic E-state index is 13.4. The first-order valence-electron chi connectivity index (χ1n) is 4.80. The zero-order valence-corrected chi connectivity index (χ0v) is 7.56. The fraction of sp³-hybridized carbons (Fsp3) is 1.00. The lowest BCUT2D eigenvalue weighted by Crippen LogP contribution is -2.34. The summed E-state index contributed by atoms with van der Waals surface area (Å²) in [5, 5.41) is 0. The molecule has 0 heterocycles. The number of ether oxygens (including phenoxy) is 1. The Morgan fingerprint density at radius 3 is 2.29 bits per heavy atom. The largest absolute Gasteiger partial charge is 0.411 e. The van der Waals surface area contributed by atoms with Crippen LogP contribution >= 0.6 is 0 Å². The van der Waals surface area contributed by atoms with Crippen LogP contribution in [0.4, 0.5) is 17.6 Å². The van der Waals surface area contributed by atoms with E-state index in [4.69, 9.17) is 0 Å². The minimum absolute atomic E-state index is 0.0114. The lowest BCUT2D eigenvalue weighted by atomic mass is 9.96. The molecule has 0 aromatic carbocycles. The normalized spacial score (nSPS) is 42.0. The van der Waals surface area contributed by atoms with Crippen LogP contribution in [0.5, 0.6) is 0 Å². The summed E-state index contributed by atoms with van der Waals surface area (Å²) in [6.07, 6.45) is -4.03. The number of hydrogen-bond acceptors (Lipinski definition) is 1. The highest BCUT2D eigenvalue weighted by Gasteiger charge is 2.49. The van der Waals surface area contributed by atoms with E-state index >= 15 is 0 Å². The lowest BCUT2D eigenvalue weighted by Gasteiger charge is -2.25. The fourth-order valence-electron chi connectivity index (χ4n) is 2.59. The van der Waals surface area contributed by atoms with Crippen molar-refractivity contribution in [3.05, 3.63) is 0 Å². The van der Waals surface area contributed by atoms with Gasteiger partial charge in [-0.3, -0.25) is 0 Å². The highest BCUT2D eigenvalue weighted by atomic mass is 19.4. The Morgan fingerprint density at radius 2 is 1.79 bits per heavy atom. The smallest absolute Gasteiger partial charge is 0.365 e. The van der Waals surface area contributed by atoms with E-state index in [0.717, 1.165) is 12.8 Å². The number of fused-ring (bicyclic) bond motifs is 2. The average Bonchev–Trinajstić information content (AvgIpc) is 2.60. The van der Waals surface area contributed by atoms with Crippen molar-refractivity contribution in [3.8, 4) is 0 Å². The molecule has 2 bridgehead atoms. The number of rotatable bonds is 2. The molecule has 0 aromatic heterocycles. The third-order valence-corrected chi connectivity index (χ3v) is 3.18. The molecule has 0 unspecified atom stereocenters. The van der Waals surface area contributed by atoms with Crippen molar-refractivity contribution < 1.29 is 22.3 Å². The van der Waals surface area contributed by atoms with Crippen LogP contribution in [0.3, 0.4) is 0 Å². The van der Waals surface area contributed by atoms with Crippen LogP contribution in [0.25, 0.3) is 0 Å². The van der Waals surface area contributed by atoms with E-state index in [2.05, 4.69) is 4.74 Å². The van der Waals surface area contributed by atoms with Gasteiger partial charge in [0.1, 0.15) is 12.8 Å². The molecule has 1 nitrogen and oxygen atoms in total. The van der Waals surface area contributed by atoms with Crippen LogP contribution in [-0.4, -0.2) is 25.1 Å². The quantitative estimate of drug-likeness (QED) is 0.639. The zero-order valence-electron chi connectivity index (χ0n) is 7.56. The minimum Gasteiger partial charge on any atom is -0.365 e. The molecule has 0 spiro atoms. The van der Waals surface area contributed by atoms with E-state index in [0.29, 0.717) is 6.42 Å². The maximum absolute atomic E-state index is 13.4.